The molecule has 0 bridgehead atoms. The first-order valence-electron chi connectivity index (χ1n) is 5.97. The van der Waals surface area contributed by atoms with Crippen LogP contribution in [-0.4, -0.2) is 9.97 Å². The van der Waals surface area contributed by atoms with E-state index in [0.717, 1.165) is 26.6 Å². The lowest BCUT2D eigenvalue weighted by Crippen LogP contribution is -1.85. The Morgan fingerprint density at radius 1 is 1.11 bits per heavy atom. The van der Waals surface area contributed by atoms with Crippen molar-refractivity contribution in [3.8, 4) is 11.4 Å². The van der Waals surface area contributed by atoms with Crippen LogP contribution in [-0.2, 0) is 0 Å². The Morgan fingerprint density at radius 2 is 1.89 bits per heavy atom. The molecular formula is C15H12BrFN2. The van der Waals surface area contributed by atoms with E-state index in [0.29, 0.717) is 11.4 Å². The van der Waals surface area contributed by atoms with Gasteiger partial charge in [0.05, 0.1) is 11.0 Å². The molecule has 0 unspecified atom stereocenters. The first-order chi connectivity index (χ1) is 9.04. The molecule has 0 saturated heterocycles. The maximum atomic E-state index is 13.6. The summed E-state index contributed by atoms with van der Waals surface area (Å²) in [4.78, 5) is 7.78. The quantitative estimate of drug-likeness (QED) is 0.689. The minimum Gasteiger partial charge on any atom is -0.338 e. The van der Waals surface area contributed by atoms with Crippen LogP contribution >= 0.6 is 15.9 Å². The highest BCUT2D eigenvalue weighted by molar-refractivity contribution is 9.10. The molecule has 0 radical (unpaired) electrons. The van der Waals surface area contributed by atoms with Gasteiger partial charge in [-0.1, -0.05) is 28.1 Å². The molecule has 2 nitrogen and oxygen atoms in total. The van der Waals surface area contributed by atoms with Gasteiger partial charge in [0.25, 0.3) is 0 Å². The van der Waals surface area contributed by atoms with Crippen molar-refractivity contribution < 1.29 is 4.39 Å². The van der Waals surface area contributed by atoms with Gasteiger partial charge in [0.2, 0.25) is 0 Å². The number of aromatic amines is 1. The van der Waals surface area contributed by atoms with Crippen LogP contribution in [0.2, 0.25) is 0 Å². The summed E-state index contributed by atoms with van der Waals surface area (Å²) in [5.74, 6) is 0.478. The number of halogens is 2. The van der Waals surface area contributed by atoms with Crippen LogP contribution in [0.15, 0.2) is 34.8 Å². The monoisotopic (exact) mass is 318 g/mol. The van der Waals surface area contributed by atoms with Crippen LogP contribution in [0.25, 0.3) is 22.4 Å². The Balaban J connectivity index is 2.20. The Bertz CT molecular complexity index is 777. The lowest BCUT2D eigenvalue weighted by molar-refractivity contribution is 0.619. The third-order valence-electron chi connectivity index (χ3n) is 3.19. The number of nitrogens with one attached hydrogen (secondary N) is 1. The highest BCUT2D eigenvalue weighted by atomic mass is 79.9. The van der Waals surface area contributed by atoms with Gasteiger partial charge in [-0.15, -0.1) is 0 Å². The van der Waals surface area contributed by atoms with Crippen LogP contribution < -0.4 is 0 Å². The molecule has 2 aromatic carbocycles. The van der Waals surface area contributed by atoms with E-state index in [-0.39, 0.29) is 5.82 Å². The van der Waals surface area contributed by atoms with Gasteiger partial charge in [0.15, 0.2) is 0 Å². The Kier molecular flexibility index (Phi) is 2.90. The molecule has 0 aliphatic rings. The van der Waals surface area contributed by atoms with E-state index in [2.05, 4.69) is 25.9 Å². The lowest BCUT2D eigenvalue weighted by atomic mass is 10.1. The van der Waals surface area contributed by atoms with Crippen LogP contribution in [0.1, 0.15) is 11.1 Å². The fraction of sp³-hybridized carbons (Fsp3) is 0.133. The van der Waals surface area contributed by atoms with Gasteiger partial charge in [0.1, 0.15) is 11.6 Å². The number of hydrogen-bond donors (Lipinski definition) is 1. The number of aryl methyl sites for hydroxylation is 2. The second kappa shape index (κ2) is 4.46. The number of nitrogens with zero attached hydrogens (tertiary/aromatic N) is 1. The smallest absolute Gasteiger partial charge is 0.138 e. The zero-order valence-corrected chi connectivity index (χ0v) is 12.2. The number of benzene rings is 2. The van der Waals surface area contributed by atoms with E-state index in [1.807, 2.05) is 25.1 Å². The SMILES string of the molecule is Cc1ccc(-c2nc3c(C)cc(Br)cc3[nH]2)cc1F. The molecule has 0 saturated carbocycles. The Labute approximate surface area is 118 Å². The third kappa shape index (κ3) is 2.16. The summed E-state index contributed by atoms with van der Waals surface area (Å²) in [6, 6.07) is 9.14. The molecule has 0 aliphatic carbocycles. The van der Waals surface area contributed by atoms with Gasteiger partial charge >= 0.3 is 0 Å². The van der Waals surface area contributed by atoms with Gasteiger partial charge in [-0.05, 0) is 43.2 Å². The van der Waals surface area contributed by atoms with E-state index in [9.17, 15) is 4.39 Å². The second-order valence-electron chi connectivity index (χ2n) is 4.67. The Hall–Kier alpha value is -1.68. The second-order valence-corrected chi connectivity index (χ2v) is 5.58. The topological polar surface area (TPSA) is 28.7 Å². The van der Waals surface area contributed by atoms with E-state index in [4.69, 9.17) is 0 Å². The third-order valence-corrected chi connectivity index (χ3v) is 3.65. The van der Waals surface area contributed by atoms with E-state index in [1.165, 1.54) is 6.07 Å². The summed E-state index contributed by atoms with van der Waals surface area (Å²) < 4.78 is 14.6. The Morgan fingerprint density at radius 3 is 2.63 bits per heavy atom. The van der Waals surface area contributed by atoms with E-state index < -0.39 is 0 Å². The van der Waals surface area contributed by atoms with Crippen LogP contribution in [0.3, 0.4) is 0 Å². The summed E-state index contributed by atoms with van der Waals surface area (Å²) in [6.07, 6.45) is 0. The summed E-state index contributed by atoms with van der Waals surface area (Å²) in [5.41, 5.74) is 4.34. The van der Waals surface area contributed by atoms with Crippen molar-refractivity contribution in [1.29, 1.82) is 0 Å². The molecule has 1 heterocycles. The predicted molar refractivity (Wildman–Crippen MR) is 78.7 cm³/mol. The number of fused-ring (bicyclic) bond motifs is 1. The standard InChI is InChI=1S/C15H12BrFN2/c1-8-3-4-10(6-12(8)17)15-18-13-7-11(16)5-9(2)14(13)19-15/h3-7H,1-2H3,(H,18,19). The van der Waals surface area contributed by atoms with Gasteiger partial charge < -0.3 is 4.98 Å². The average Bonchev–Trinajstić information content (AvgIpc) is 2.76. The summed E-state index contributed by atoms with van der Waals surface area (Å²) >= 11 is 3.46. The summed E-state index contributed by atoms with van der Waals surface area (Å²) in [6.45, 7) is 3.76. The van der Waals surface area contributed by atoms with Gasteiger partial charge in [0, 0.05) is 10.0 Å². The number of rotatable bonds is 1. The molecule has 1 aromatic heterocycles. The van der Waals surface area contributed by atoms with Crippen molar-refractivity contribution in [2.75, 3.05) is 0 Å². The van der Waals surface area contributed by atoms with Crippen molar-refractivity contribution in [3.05, 3.63) is 51.7 Å². The molecule has 0 fully saturated rings. The molecule has 0 amide bonds. The molecule has 3 rings (SSSR count). The summed E-state index contributed by atoms with van der Waals surface area (Å²) in [7, 11) is 0. The zero-order valence-electron chi connectivity index (χ0n) is 10.6. The fourth-order valence-electron chi connectivity index (χ4n) is 2.12. The van der Waals surface area contributed by atoms with Gasteiger partial charge in [-0.3, -0.25) is 0 Å². The molecule has 4 heteroatoms. The van der Waals surface area contributed by atoms with E-state index >= 15 is 0 Å². The van der Waals surface area contributed by atoms with Crippen LogP contribution in [0.4, 0.5) is 4.39 Å². The minimum absolute atomic E-state index is 0.212. The largest absolute Gasteiger partial charge is 0.338 e. The average molecular weight is 319 g/mol. The van der Waals surface area contributed by atoms with Crippen molar-refractivity contribution in [2.45, 2.75) is 13.8 Å². The highest BCUT2D eigenvalue weighted by Crippen LogP contribution is 2.26. The zero-order chi connectivity index (χ0) is 13.6. The number of aromatic nitrogens is 2. The number of imidazole rings is 1. The fourth-order valence-corrected chi connectivity index (χ4v) is 2.70. The minimum atomic E-state index is -0.212. The number of H-pyrrole nitrogens is 1. The molecule has 19 heavy (non-hydrogen) atoms. The van der Waals surface area contributed by atoms with Crippen molar-refractivity contribution >= 4 is 27.0 Å². The molecule has 0 spiro atoms. The normalized spacial score (nSPS) is 11.2. The molecule has 1 N–H and O–H groups in total. The molecule has 0 aliphatic heterocycles. The lowest BCUT2D eigenvalue weighted by Gasteiger charge is -1.99. The van der Waals surface area contributed by atoms with Gasteiger partial charge in [-0.2, -0.15) is 0 Å². The number of hydrogen-bond acceptors (Lipinski definition) is 1. The highest BCUT2D eigenvalue weighted by Gasteiger charge is 2.09. The molecule has 0 atom stereocenters. The van der Waals surface area contributed by atoms with Crippen molar-refractivity contribution in [2.24, 2.45) is 0 Å². The summed E-state index contributed by atoms with van der Waals surface area (Å²) in [5, 5.41) is 0. The predicted octanol–water partition coefficient (Wildman–Crippen LogP) is 4.75. The first-order valence-corrected chi connectivity index (χ1v) is 6.76. The maximum absolute atomic E-state index is 13.6. The van der Waals surface area contributed by atoms with Crippen molar-refractivity contribution in [3.63, 3.8) is 0 Å². The van der Waals surface area contributed by atoms with Gasteiger partial charge in [-0.25, -0.2) is 9.37 Å². The van der Waals surface area contributed by atoms with E-state index in [1.54, 1.807) is 13.0 Å². The van der Waals surface area contributed by atoms with Crippen molar-refractivity contribution in [1.82, 2.24) is 9.97 Å². The molecular weight excluding hydrogens is 307 g/mol. The van der Waals surface area contributed by atoms with Crippen LogP contribution in [0.5, 0.6) is 0 Å². The first kappa shape index (κ1) is 12.4. The maximum Gasteiger partial charge on any atom is 0.138 e. The molecule has 3 aromatic rings. The van der Waals surface area contributed by atoms with Crippen LogP contribution in [0, 0.1) is 19.7 Å². The molecule has 96 valence electrons.